The first-order valence-electron chi connectivity index (χ1n) is 6.97. The molecule has 1 unspecified atom stereocenters. The summed E-state index contributed by atoms with van der Waals surface area (Å²) < 4.78 is 18.4. The zero-order valence-corrected chi connectivity index (χ0v) is 12.2. The highest BCUT2D eigenvalue weighted by Gasteiger charge is 2.39. The lowest BCUT2D eigenvalue weighted by atomic mass is 9.93. The van der Waals surface area contributed by atoms with E-state index in [1.54, 1.807) is 0 Å². The largest absolute Gasteiger partial charge is 0.465 e. The van der Waals surface area contributed by atoms with Crippen molar-refractivity contribution in [1.82, 2.24) is 5.32 Å². The number of hydrogen-bond acceptors (Lipinski definition) is 4. The van der Waals surface area contributed by atoms with Crippen LogP contribution in [-0.4, -0.2) is 31.1 Å². The van der Waals surface area contributed by atoms with Gasteiger partial charge in [0.25, 0.3) is 0 Å². The van der Waals surface area contributed by atoms with E-state index < -0.39 is 17.3 Å². The van der Waals surface area contributed by atoms with Crippen molar-refractivity contribution in [2.75, 3.05) is 19.0 Å². The number of hydrogen-bond donors (Lipinski definition) is 2. The molecule has 5 nitrogen and oxygen atoms in total. The third kappa shape index (κ3) is 3.05. The molecule has 0 aromatic heterocycles. The van der Waals surface area contributed by atoms with Gasteiger partial charge in [-0.25, -0.2) is 9.18 Å². The van der Waals surface area contributed by atoms with Crippen LogP contribution in [0.15, 0.2) is 18.2 Å². The van der Waals surface area contributed by atoms with E-state index in [0.29, 0.717) is 12.8 Å². The van der Waals surface area contributed by atoms with E-state index in [1.165, 1.54) is 19.2 Å². The van der Waals surface area contributed by atoms with Crippen LogP contribution in [0.5, 0.6) is 0 Å². The molecule has 1 fully saturated rings. The minimum atomic E-state index is -0.659. The van der Waals surface area contributed by atoms with Gasteiger partial charge in [-0.1, -0.05) is 6.92 Å². The van der Waals surface area contributed by atoms with Gasteiger partial charge in [0, 0.05) is 0 Å². The van der Waals surface area contributed by atoms with Gasteiger partial charge >= 0.3 is 5.97 Å². The van der Waals surface area contributed by atoms with Gasteiger partial charge in [-0.2, -0.15) is 0 Å². The van der Waals surface area contributed by atoms with Crippen LogP contribution in [0.1, 0.15) is 36.5 Å². The topological polar surface area (TPSA) is 67.4 Å². The predicted octanol–water partition coefficient (Wildman–Crippen LogP) is 2.08. The molecule has 1 saturated heterocycles. The summed E-state index contributed by atoms with van der Waals surface area (Å²) in [7, 11) is 1.25. The highest BCUT2D eigenvalue weighted by Crippen LogP contribution is 2.26. The second kappa shape index (κ2) is 6.22. The fraction of sp³-hybridized carbons (Fsp3) is 0.467. The Morgan fingerprint density at radius 2 is 2.24 bits per heavy atom. The number of carbonyl (C=O) groups excluding carboxylic acids is 2. The summed E-state index contributed by atoms with van der Waals surface area (Å²) in [5.41, 5.74) is -0.475. The number of benzene rings is 1. The average molecular weight is 294 g/mol. The van der Waals surface area contributed by atoms with Gasteiger partial charge in [0.05, 0.1) is 23.9 Å². The normalized spacial score (nSPS) is 21.1. The van der Waals surface area contributed by atoms with Crippen molar-refractivity contribution in [3.8, 4) is 0 Å². The van der Waals surface area contributed by atoms with Crippen molar-refractivity contribution in [3.05, 3.63) is 29.6 Å². The summed E-state index contributed by atoms with van der Waals surface area (Å²) in [6.07, 6.45) is 2.25. The van der Waals surface area contributed by atoms with E-state index in [0.717, 1.165) is 19.0 Å². The molecular formula is C15H19FN2O3. The number of halogens is 1. The maximum absolute atomic E-state index is 13.8. The van der Waals surface area contributed by atoms with Crippen LogP contribution in [0.25, 0.3) is 0 Å². The molecule has 21 heavy (non-hydrogen) atoms. The first kappa shape index (κ1) is 15.4. The van der Waals surface area contributed by atoms with Crippen LogP contribution in [-0.2, 0) is 9.53 Å². The number of nitrogens with one attached hydrogen (secondary N) is 2. The molecule has 0 saturated carbocycles. The SMILES string of the molecule is CCC1(C(=O)Nc2cc(C(=O)OC)ccc2F)CCCN1. The number of rotatable bonds is 4. The molecule has 2 N–H and O–H groups in total. The summed E-state index contributed by atoms with van der Waals surface area (Å²) in [4.78, 5) is 23.9. The molecule has 0 radical (unpaired) electrons. The van der Waals surface area contributed by atoms with Crippen LogP contribution in [0, 0.1) is 5.82 Å². The first-order valence-corrected chi connectivity index (χ1v) is 6.97. The van der Waals surface area contributed by atoms with Crippen LogP contribution in [0.2, 0.25) is 0 Å². The Bertz CT molecular complexity index is 554. The van der Waals surface area contributed by atoms with Gasteiger partial charge in [0.15, 0.2) is 0 Å². The number of anilines is 1. The zero-order chi connectivity index (χ0) is 15.5. The molecule has 114 valence electrons. The van der Waals surface area contributed by atoms with Crippen molar-refractivity contribution in [3.63, 3.8) is 0 Å². The molecule has 1 atom stereocenters. The van der Waals surface area contributed by atoms with Crippen molar-refractivity contribution in [2.24, 2.45) is 0 Å². The Hall–Kier alpha value is -1.95. The Morgan fingerprint density at radius 3 is 2.81 bits per heavy atom. The second-order valence-corrected chi connectivity index (χ2v) is 5.11. The van der Waals surface area contributed by atoms with Gasteiger partial charge in [-0.05, 0) is 44.0 Å². The van der Waals surface area contributed by atoms with Crippen molar-refractivity contribution in [2.45, 2.75) is 31.7 Å². The van der Waals surface area contributed by atoms with Gasteiger partial charge < -0.3 is 15.4 Å². The van der Waals surface area contributed by atoms with Gasteiger partial charge in [0.1, 0.15) is 5.82 Å². The number of esters is 1. The van der Waals surface area contributed by atoms with Gasteiger partial charge in [-0.15, -0.1) is 0 Å². The van der Waals surface area contributed by atoms with Crippen molar-refractivity contribution >= 4 is 17.6 Å². The smallest absolute Gasteiger partial charge is 0.337 e. The molecule has 6 heteroatoms. The summed E-state index contributed by atoms with van der Waals surface area (Å²) in [6, 6.07) is 3.75. The Labute approximate surface area is 122 Å². The highest BCUT2D eigenvalue weighted by molar-refractivity contribution is 5.99. The Balaban J connectivity index is 2.22. The summed E-state index contributed by atoms with van der Waals surface area (Å²) in [5.74, 6) is -1.43. The molecule has 0 spiro atoms. The molecule has 1 aromatic rings. The zero-order valence-electron chi connectivity index (χ0n) is 12.2. The molecule has 1 aliphatic heterocycles. The molecule has 1 heterocycles. The van der Waals surface area contributed by atoms with Gasteiger partial charge in [0.2, 0.25) is 5.91 Å². The average Bonchev–Trinajstić information content (AvgIpc) is 2.98. The first-order chi connectivity index (χ1) is 10.0. The monoisotopic (exact) mass is 294 g/mol. The van der Waals surface area contributed by atoms with Crippen LogP contribution < -0.4 is 10.6 Å². The molecule has 1 amide bonds. The van der Waals surface area contributed by atoms with E-state index in [4.69, 9.17) is 0 Å². The predicted molar refractivity (Wildman–Crippen MR) is 76.6 cm³/mol. The molecular weight excluding hydrogens is 275 g/mol. The number of ether oxygens (including phenoxy) is 1. The maximum atomic E-state index is 13.8. The molecule has 2 rings (SSSR count). The summed E-state index contributed by atoms with van der Waals surface area (Å²) in [5, 5.41) is 5.76. The highest BCUT2D eigenvalue weighted by atomic mass is 19.1. The minimum absolute atomic E-state index is 0.00979. The lowest BCUT2D eigenvalue weighted by molar-refractivity contribution is -0.122. The fourth-order valence-electron chi connectivity index (χ4n) is 2.57. The quantitative estimate of drug-likeness (QED) is 0.834. The Kier molecular flexibility index (Phi) is 4.57. The molecule has 1 aromatic carbocycles. The lowest BCUT2D eigenvalue weighted by Gasteiger charge is -2.26. The molecule has 0 bridgehead atoms. The molecule has 0 aliphatic carbocycles. The van der Waals surface area contributed by atoms with E-state index >= 15 is 0 Å². The van der Waals surface area contributed by atoms with E-state index in [-0.39, 0.29) is 17.2 Å². The third-order valence-corrected chi connectivity index (χ3v) is 3.92. The lowest BCUT2D eigenvalue weighted by Crippen LogP contribution is -2.50. The van der Waals surface area contributed by atoms with E-state index in [2.05, 4.69) is 15.4 Å². The van der Waals surface area contributed by atoms with Crippen LogP contribution >= 0.6 is 0 Å². The standard InChI is InChI=1S/C15H19FN2O3/c1-3-15(7-4-8-17-15)14(20)18-12-9-10(13(19)21-2)5-6-11(12)16/h5-6,9,17H,3-4,7-8H2,1-2H3,(H,18,20). The summed E-state index contributed by atoms with van der Waals surface area (Å²) >= 11 is 0. The Morgan fingerprint density at radius 1 is 1.48 bits per heavy atom. The maximum Gasteiger partial charge on any atom is 0.337 e. The summed E-state index contributed by atoms with van der Waals surface area (Å²) in [6.45, 7) is 2.69. The van der Waals surface area contributed by atoms with Crippen molar-refractivity contribution in [1.29, 1.82) is 0 Å². The van der Waals surface area contributed by atoms with Crippen LogP contribution in [0.3, 0.4) is 0 Å². The number of methoxy groups -OCH3 is 1. The fourth-order valence-corrected chi connectivity index (χ4v) is 2.57. The van der Waals surface area contributed by atoms with E-state index in [1.807, 2.05) is 6.92 Å². The number of amides is 1. The minimum Gasteiger partial charge on any atom is -0.465 e. The number of carbonyl (C=O) groups is 2. The molecule has 1 aliphatic rings. The van der Waals surface area contributed by atoms with E-state index in [9.17, 15) is 14.0 Å². The van der Waals surface area contributed by atoms with Crippen molar-refractivity contribution < 1.29 is 18.7 Å². The van der Waals surface area contributed by atoms with Crippen LogP contribution in [0.4, 0.5) is 10.1 Å². The van der Waals surface area contributed by atoms with Gasteiger partial charge in [-0.3, -0.25) is 4.79 Å². The third-order valence-electron chi connectivity index (χ3n) is 3.92. The second-order valence-electron chi connectivity index (χ2n) is 5.11.